The topological polar surface area (TPSA) is 86.6 Å². The van der Waals surface area contributed by atoms with Crippen LogP contribution in [-0.2, 0) is 20.9 Å². The molecule has 3 aromatic rings. The zero-order valence-corrected chi connectivity index (χ0v) is 16.0. The monoisotopic (exact) mass is 412 g/mol. The molecule has 0 fully saturated rings. The van der Waals surface area contributed by atoms with E-state index in [2.05, 4.69) is 5.32 Å². The van der Waals surface area contributed by atoms with Gasteiger partial charge in [0.1, 0.15) is 12.3 Å². The second-order valence-electron chi connectivity index (χ2n) is 5.93. The largest absolute Gasteiger partial charge is 0.455 e. The van der Waals surface area contributed by atoms with Gasteiger partial charge in [0.05, 0.1) is 5.69 Å². The summed E-state index contributed by atoms with van der Waals surface area (Å²) in [6.07, 6.45) is 1.46. The maximum atomic E-state index is 12.2. The van der Waals surface area contributed by atoms with Crippen LogP contribution in [0.2, 0.25) is 5.02 Å². The van der Waals surface area contributed by atoms with E-state index in [0.29, 0.717) is 22.2 Å². The average Bonchev–Trinajstić information content (AvgIpc) is 2.71. The summed E-state index contributed by atoms with van der Waals surface area (Å²) in [7, 11) is 0. The quantitative estimate of drug-likeness (QED) is 0.600. The van der Waals surface area contributed by atoms with Gasteiger partial charge < -0.3 is 19.4 Å². The van der Waals surface area contributed by atoms with Crippen molar-refractivity contribution in [3.63, 3.8) is 0 Å². The second-order valence-corrected chi connectivity index (χ2v) is 6.37. The van der Waals surface area contributed by atoms with Gasteiger partial charge >= 0.3 is 5.97 Å². The van der Waals surface area contributed by atoms with Crippen LogP contribution < -0.4 is 15.6 Å². The number of anilines is 1. The third-order valence-corrected chi connectivity index (χ3v) is 3.98. The standard InChI is InChI=1S/C21H17ClN2O5/c22-15-9-10-18(29-16-6-2-1-3-7-16)17(12-15)23-19(25)14-28-21(27)13-24-11-5-4-8-20(24)26/h1-12H,13-14H2,(H,23,25). The molecule has 0 aliphatic heterocycles. The van der Waals surface area contributed by atoms with E-state index in [-0.39, 0.29) is 12.1 Å². The normalized spacial score (nSPS) is 10.2. The van der Waals surface area contributed by atoms with Gasteiger partial charge in [0, 0.05) is 17.3 Å². The third-order valence-electron chi connectivity index (χ3n) is 3.75. The van der Waals surface area contributed by atoms with E-state index in [0.717, 1.165) is 0 Å². The molecule has 0 spiro atoms. The molecular weight excluding hydrogens is 396 g/mol. The molecule has 3 rings (SSSR count). The first kappa shape index (κ1) is 20.2. The molecule has 0 saturated heterocycles. The van der Waals surface area contributed by atoms with Gasteiger partial charge in [-0.2, -0.15) is 0 Å². The van der Waals surface area contributed by atoms with E-state index in [4.69, 9.17) is 21.1 Å². The van der Waals surface area contributed by atoms with Gasteiger partial charge in [0.25, 0.3) is 11.5 Å². The second kappa shape index (κ2) is 9.57. The number of hydrogen-bond acceptors (Lipinski definition) is 5. The van der Waals surface area contributed by atoms with Crippen molar-refractivity contribution in [3.05, 3.63) is 88.3 Å². The van der Waals surface area contributed by atoms with Crippen LogP contribution in [0.4, 0.5) is 5.69 Å². The van der Waals surface area contributed by atoms with Gasteiger partial charge in [0.2, 0.25) is 0 Å². The highest BCUT2D eigenvalue weighted by Gasteiger charge is 2.13. The lowest BCUT2D eigenvalue weighted by molar-refractivity contribution is -0.147. The predicted octanol–water partition coefficient (Wildman–Crippen LogP) is 3.48. The molecular formula is C21H17ClN2O5. The van der Waals surface area contributed by atoms with Crippen molar-refractivity contribution >= 4 is 29.2 Å². The number of esters is 1. The Morgan fingerprint density at radius 1 is 1.00 bits per heavy atom. The molecule has 0 atom stereocenters. The first-order valence-electron chi connectivity index (χ1n) is 8.64. The first-order valence-corrected chi connectivity index (χ1v) is 9.02. The molecule has 1 N–H and O–H groups in total. The van der Waals surface area contributed by atoms with Crippen LogP contribution in [0.3, 0.4) is 0 Å². The number of pyridine rings is 1. The van der Waals surface area contributed by atoms with Gasteiger partial charge in [0.15, 0.2) is 12.4 Å². The number of aromatic nitrogens is 1. The van der Waals surface area contributed by atoms with Crippen LogP contribution in [0.1, 0.15) is 0 Å². The van der Waals surface area contributed by atoms with Crippen molar-refractivity contribution in [3.8, 4) is 11.5 Å². The molecule has 148 valence electrons. The average molecular weight is 413 g/mol. The Balaban J connectivity index is 1.60. The molecule has 1 heterocycles. The van der Waals surface area contributed by atoms with Gasteiger partial charge in [-0.15, -0.1) is 0 Å². The highest BCUT2D eigenvalue weighted by molar-refractivity contribution is 6.31. The molecule has 1 aromatic heterocycles. The number of hydrogen-bond donors (Lipinski definition) is 1. The zero-order chi connectivity index (χ0) is 20.6. The van der Waals surface area contributed by atoms with E-state index in [9.17, 15) is 14.4 Å². The van der Waals surface area contributed by atoms with E-state index >= 15 is 0 Å². The lowest BCUT2D eigenvalue weighted by Crippen LogP contribution is -2.27. The maximum absolute atomic E-state index is 12.2. The minimum Gasteiger partial charge on any atom is -0.455 e. The number of ether oxygens (including phenoxy) is 2. The lowest BCUT2D eigenvalue weighted by atomic mass is 10.2. The Bertz CT molecular complexity index is 1070. The molecule has 7 nitrogen and oxygen atoms in total. The molecule has 0 aliphatic carbocycles. The lowest BCUT2D eigenvalue weighted by Gasteiger charge is -2.13. The number of nitrogens with zero attached hydrogens (tertiary/aromatic N) is 1. The molecule has 0 bridgehead atoms. The molecule has 0 saturated carbocycles. The summed E-state index contributed by atoms with van der Waals surface area (Å²) in [5.41, 5.74) is -0.00258. The highest BCUT2D eigenvalue weighted by Crippen LogP contribution is 2.31. The molecule has 0 radical (unpaired) electrons. The van der Waals surface area contributed by atoms with Crippen molar-refractivity contribution in [2.45, 2.75) is 6.54 Å². The summed E-state index contributed by atoms with van der Waals surface area (Å²) in [5.74, 6) is -0.305. The summed E-state index contributed by atoms with van der Waals surface area (Å²) in [6, 6.07) is 18.3. The molecule has 29 heavy (non-hydrogen) atoms. The van der Waals surface area contributed by atoms with Crippen LogP contribution in [-0.4, -0.2) is 23.1 Å². The Morgan fingerprint density at radius 2 is 1.76 bits per heavy atom. The summed E-state index contributed by atoms with van der Waals surface area (Å²) in [4.78, 5) is 35.7. The molecule has 1 amide bonds. The van der Waals surface area contributed by atoms with Crippen molar-refractivity contribution in [2.75, 3.05) is 11.9 Å². The fourth-order valence-electron chi connectivity index (χ4n) is 2.41. The minimum atomic E-state index is -0.708. The highest BCUT2D eigenvalue weighted by atomic mass is 35.5. The Morgan fingerprint density at radius 3 is 2.52 bits per heavy atom. The van der Waals surface area contributed by atoms with Gasteiger partial charge in [-0.3, -0.25) is 14.4 Å². The van der Waals surface area contributed by atoms with E-state index < -0.39 is 18.5 Å². The van der Waals surface area contributed by atoms with E-state index in [1.807, 2.05) is 18.2 Å². The van der Waals surface area contributed by atoms with Crippen LogP contribution in [0.5, 0.6) is 11.5 Å². The van der Waals surface area contributed by atoms with Crippen LogP contribution in [0, 0.1) is 0 Å². The Kier molecular flexibility index (Phi) is 6.65. The summed E-state index contributed by atoms with van der Waals surface area (Å²) >= 11 is 6.01. The van der Waals surface area contributed by atoms with Crippen molar-refractivity contribution in [2.24, 2.45) is 0 Å². The molecule has 2 aromatic carbocycles. The summed E-state index contributed by atoms with van der Waals surface area (Å²) in [5, 5.41) is 3.01. The number of carbonyl (C=O) groups is 2. The van der Waals surface area contributed by atoms with Crippen molar-refractivity contribution in [1.29, 1.82) is 0 Å². The Hall–Kier alpha value is -3.58. The van der Waals surface area contributed by atoms with Crippen LogP contribution in [0.25, 0.3) is 0 Å². The van der Waals surface area contributed by atoms with E-state index in [1.54, 1.807) is 36.4 Å². The van der Waals surface area contributed by atoms with Gasteiger partial charge in [-0.05, 0) is 36.4 Å². The molecule has 0 aliphatic rings. The third kappa shape index (κ3) is 5.95. The number of rotatable bonds is 7. The number of para-hydroxylation sites is 1. The van der Waals surface area contributed by atoms with Crippen LogP contribution >= 0.6 is 11.6 Å². The smallest absolute Gasteiger partial charge is 0.326 e. The number of nitrogens with one attached hydrogen (secondary N) is 1. The van der Waals surface area contributed by atoms with Crippen molar-refractivity contribution < 1.29 is 19.1 Å². The van der Waals surface area contributed by atoms with Crippen LogP contribution in [0.15, 0.2) is 77.7 Å². The molecule has 8 heteroatoms. The van der Waals surface area contributed by atoms with Gasteiger partial charge in [-0.25, -0.2) is 0 Å². The minimum absolute atomic E-state index is 0.285. The van der Waals surface area contributed by atoms with Crippen molar-refractivity contribution in [1.82, 2.24) is 4.57 Å². The number of benzene rings is 2. The Labute approximate surface area is 171 Å². The predicted molar refractivity (Wildman–Crippen MR) is 108 cm³/mol. The maximum Gasteiger partial charge on any atom is 0.326 e. The fraction of sp³-hybridized carbons (Fsp3) is 0.0952. The van der Waals surface area contributed by atoms with E-state index in [1.165, 1.54) is 22.9 Å². The SMILES string of the molecule is O=C(COC(=O)Cn1ccccc1=O)Nc1cc(Cl)ccc1Oc1ccccc1. The number of amides is 1. The fourth-order valence-corrected chi connectivity index (χ4v) is 2.58. The summed E-state index contributed by atoms with van der Waals surface area (Å²) < 4.78 is 11.9. The first-order chi connectivity index (χ1) is 14.0. The summed E-state index contributed by atoms with van der Waals surface area (Å²) in [6.45, 7) is -0.801. The zero-order valence-electron chi connectivity index (χ0n) is 15.2. The van der Waals surface area contributed by atoms with Gasteiger partial charge in [-0.1, -0.05) is 35.9 Å². The number of carbonyl (C=O) groups excluding carboxylic acids is 2. The number of halogens is 1. The molecule has 0 unspecified atom stereocenters.